The van der Waals surface area contributed by atoms with Crippen LogP contribution in [0.5, 0.6) is 5.88 Å². The van der Waals surface area contributed by atoms with Crippen molar-refractivity contribution in [2.24, 2.45) is 0 Å². The molecule has 23 heavy (non-hydrogen) atoms. The molecule has 0 saturated carbocycles. The van der Waals surface area contributed by atoms with Crippen molar-refractivity contribution in [3.63, 3.8) is 0 Å². The van der Waals surface area contributed by atoms with Crippen LogP contribution >= 0.6 is 11.6 Å². The third-order valence-corrected chi connectivity index (χ3v) is 3.92. The summed E-state index contributed by atoms with van der Waals surface area (Å²) in [4.78, 5) is 22.0. The lowest BCUT2D eigenvalue weighted by atomic mass is 10.1. The number of halogens is 1. The van der Waals surface area contributed by atoms with E-state index in [1.54, 1.807) is 4.90 Å². The van der Waals surface area contributed by atoms with Crippen LogP contribution in [0.25, 0.3) is 0 Å². The molecule has 1 aliphatic heterocycles. The van der Waals surface area contributed by atoms with Gasteiger partial charge >= 0.3 is 6.09 Å². The van der Waals surface area contributed by atoms with Gasteiger partial charge in [0.25, 0.3) is 0 Å². The van der Waals surface area contributed by atoms with Crippen LogP contribution in [0.1, 0.15) is 46.2 Å². The van der Waals surface area contributed by atoms with Crippen LogP contribution in [-0.2, 0) is 11.2 Å². The van der Waals surface area contributed by atoms with Crippen LogP contribution in [-0.4, -0.2) is 45.8 Å². The number of nitrogens with zero attached hydrogens (tertiary/aromatic N) is 3. The number of likely N-dealkylation sites (tertiary alicyclic amines) is 1. The molecule has 1 aromatic heterocycles. The highest BCUT2D eigenvalue weighted by Gasteiger charge is 2.28. The Labute approximate surface area is 142 Å². The fourth-order valence-corrected chi connectivity index (χ4v) is 2.63. The summed E-state index contributed by atoms with van der Waals surface area (Å²) in [7, 11) is 0. The van der Waals surface area contributed by atoms with E-state index in [0.29, 0.717) is 24.0 Å². The van der Waals surface area contributed by atoms with E-state index in [1.807, 2.05) is 27.7 Å². The molecule has 0 aliphatic carbocycles. The number of hydrogen-bond donors (Lipinski definition) is 0. The number of rotatable bonds is 3. The van der Waals surface area contributed by atoms with E-state index >= 15 is 0 Å². The maximum absolute atomic E-state index is 12.0. The van der Waals surface area contributed by atoms with E-state index in [4.69, 9.17) is 21.1 Å². The van der Waals surface area contributed by atoms with Crippen LogP contribution in [0.15, 0.2) is 6.33 Å². The minimum absolute atomic E-state index is 0.00853. The molecular weight excluding hydrogens is 318 g/mol. The number of aryl methyl sites for hydroxylation is 1. The first-order chi connectivity index (χ1) is 10.8. The number of amides is 1. The Morgan fingerprint density at radius 3 is 2.57 bits per heavy atom. The van der Waals surface area contributed by atoms with Crippen molar-refractivity contribution in [1.82, 2.24) is 14.9 Å². The largest absolute Gasteiger partial charge is 0.473 e. The lowest BCUT2D eigenvalue weighted by Crippen LogP contribution is -2.44. The highest BCUT2D eigenvalue weighted by atomic mass is 35.5. The number of hydrogen-bond acceptors (Lipinski definition) is 5. The quantitative estimate of drug-likeness (QED) is 0.842. The average Bonchev–Trinajstić information content (AvgIpc) is 2.48. The fourth-order valence-electron chi connectivity index (χ4n) is 2.36. The van der Waals surface area contributed by atoms with E-state index < -0.39 is 5.60 Å². The molecule has 7 heteroatoms. The van der Waals surface area contributed by atoms with Gasteiger partial charge in [0.05, 0.1) is 5.69 Å². The van der Waals surface area contributed by atoms with Crippen LogP contribution in [0.2, 0.25) is 5.02 Å². The minimum Gasteiger partial charge on any atom is -0.473 e. The van der Waals surface area contributed by atoms with Gasteiger partial charge in [0.15, 0.2) is 0 Å². The van der Waals surface area contributed by atoms with Crippen LogP contribution < -0.4 is 4.74 Å². The van der Waals surface area contributed by atoms with Crippen LogP contribution in [0, 0.1) is 0 Å². The van der Waals surface area contributed by atoms with Crippen molar-refractivity contribution in [2.45, 2.75) is 58.7 Å². The zero-order chi connectivity index (χ0) is 17.0. The Hall–Kier alpha value is -1.56. The Bertz CT molecular complexity index is 552. The SMILES string of the molecule is CCc1ncnc(OC2CCN(C(=O)OC(C)(C)C)CC2)c1Cl. The first kappa shape index (κ1) is 17.8. The predicted octanol–water partition coefficient (Wildman–Crippen LogP) is 3.47. The Morgan fingerprint density at radius 1 is 1.35 bits per heavy atom. The molecule has 0 radical (unpaired) electrons. The summed E-state index contributed by atoms with van der Waals surface area (Å²) < 4.78 is 11.3. The van der Waals surface area contributed by atoms with E-state index in [1.165, 1.54) is 6.33 Å². The smallest absolute Gasteiger partial charge is 0.410 e. The van der Waals surface area contributed by atoms with Gasteiger partial charge in [-0.1, -0.05) is 18.5 Å². The lowest BCUT2D eigenvalue weighted by Gasteiger charge is -2.33. The van der Waals surface area contributed by atoms with E-state index in [-0.39, 0.29) is 12.2 Å². The maximum Gasteiger partial charge on any atom is 0.410 e. The number of ether oxygens (including phenoxy) is 2. The first-order valence-electron chi connectivity index (χ1n) is 7.94. The summed E-state index contributed by atoms with van der Waals surface area (Å²) in [6, 6.07) is 0. The molecule has 0 unspecified atom stereocenters. The summed E-state index contributed by atoms with van der Waals surface area (Å²) >= 11 is 6.25. The zero-order valence-electron chi connectivity index (χ0n) is 14.1. The second-order valence-electron chi connectivity index (χ2n) is 6.58. The van der Waals surface area contributed by atoms with Gasteiger partial charge < -0.3 is 14.4 Å². The number of aromatic nitrogens is 2. The van der Waals surface area contributed by atoms with E-state index in [9.17, 15) is 4.79 Å². The van der Waals surface area contributed by atoms with Crippen LogP contribution in [0.4, 0.5) is 4.79 Å². The topological polar surface area (TPSA) is 64.6 Å². The fraction of sp³-hybridized carbons (Fsp3) is 0.688. The van der Waals surface area contributed by atoms with Crippen LogP contribution in [0.3, 0.4) is 0 Å². The molecule has 0 aromatic carbocycles. The van der Waals surface area contributed by atoms with Crippen molar-refractivity contribution in [3.8, 4) is 5.88 Å². The molecule has 2 heterocycles. The van der Waals surface area contributed by atoms with Crippen molar-refractivity contribution in [1.29, 1.82) is 0 Å². The second kappa shape index (κ2) is 7.34. The van der Waals surface area contributed by atoms with Gasteiger partial charge in [-0.2, -0.15) is 0 Å². The molecule has 1 saturated heterocycles. The Balaban J connectivity index is 1.89. The van der Waals surface area contributed by atoms with Gasteiger partial charge in [-0.25, -0.2) is 14.8 Å². The average molecular weight is 342 g/mol. The summed E-state index contributed by atoms with van der Waals surface area (Å²) in [5.74, 6) is 0.425. The summed E-state index contributed by atoms with van der Waals surface area (Å²) in [5, 5.41) is 0.476. The molecule has 2 rings (SSSR count). The number of piperidine rings is 1. The lowest BCUT2D eigenvalue weighted by molar-refractivity contribution is 0.0123. The summed E-state index contributed by atoms with van der Waals surface area (Å²) in [5.41, 5.74) is 0.304. The molecule has 0 N–H and O–H groups in total. The molecule has 1 aliphatic rings. The third kappa shape index (κ3) is 4.96. The molecule has 0 bridgehead atoms. The molecule has 128 valence electrons. The normalized spacial score (nSPS) is 16.3. The number of carbonyl (C=O) groups is 1. The summed E-state index contributed by atoms with van der Waals surface area (Å²) in [6.45, 7) is 8.78. The zero-order valence-corrected chi connectivity index (χ0v) is 14.9. The van der Waals surface area contributed by atoms with Gasteiger partial charge in [0, 0.05) is 25.9 Å². The highest BCUT2D eigenvalue weighted by Crippen LogP contribution is 2.27. The van der Waals surface area contributed by atoms with Gasteiger partial charge in [-0.15, -0.1) is 0 Å². The molecule has 1 fully saturated rings. The monoisotopic (exact) mass is 341 g/mol. The van der Waals surface area contributed by atoms with Gasteiger partial charge in [0.1, 0.15) is 23.1 Å². The highest BCUT2D eigenvalue weighted by molar-refractivity contribution is 6.32. The molecule has 6 nitrogen and oxygen atoms in total. The van der Waals surface area contributed by atoms with Crippen molar-refractivity contribution >= 4 is 17.7 Å². The number of carbonyl (C=O) groups excluding carboxylic acids is 1. The second-order valence-corrected chi connectivity index (χ2v) is 6.96. The summed E-state index contributed by atoms with van der Waals surface area (Å²) in [6.07, 6.45) is 3.36. The minimum atomic E-state index is -0.477. The van der Waals surface area contributed by atoms with Gasteiger partial charge in [-0.3, -0.25) is 0 Å². The molecule has 1 aromatic rings. The van der Waals surface area contributed by atoms with E-state index in [0.717, 1.165) is 25.0 Å². The van der Waals surface area contributed by atoms with Crippen molar-refractivity contribution in [2.75, 3.05) is 13.1 Å². The Morgan fingerprint density at radius 2 is 2.00 bits per heavy atom. The van der Waals surface area contributed by atoms with E-state index in [2.05, 4.69) is 9.97 Å². The first-order valence-corrected chi connectivity index (χ1v) is 8.32. The Kier molecular flexibility index (Phi) is 5.68. The molecule has 0 spiro atoms. The van der Waals surface area contributed by atoms with Gasteiger partial charge in [0.2, 0.25) is 5.88 Å². The van der Waals surface area contributed by atoms with Crippen molar-refractivity contribution in [3.05, 3.63) is 17.0 Å². The maximum atomic E-state index is 12.0. The standard InChI is InChI=1S/C16H24ClN3O3/c1-5-12-13(17)14(19-10-18-12)22-11-6-8-20(9-7-11)15(21)23-16(2,3)4/h10-11H,5-9H2,1-4H3. The van der Waals surface area contributed by atoms with Gasteiger partial charge in [-0.05, 0) is 27.2 Å². The molecular formula is C16H24ClN3O3. The third-order valence-electron chi connectivity index (χ3n) is 3.54. The van der Waals surface area contributed by atoms with Crippen molar-refractivity contribution < 1.29 is 14.3 Å². The molecule has 1 amide bonds. The predicted molar refractivity (Wildman–Crippen MR) is 87.9 cm³/mol. The molecule has 0 atom stereocenters.